The normalized spacial score (nSPS) is 23.1. The van der Waals surface area contributed by atoms with E-state index in [-0.39, 0.29) is 17.6 Å². The van der Waals surface area contributed by atoms with Crippen LogP contribution in [0.15, 0.2) is 23.1 Å². The molecule has 0 aromatic carbocycles. The van der Waals surface area contributed by atoms with Crippen molar-refractivity contribution < 1.29 is 9.90 Å². The van der Waals surface area contributed by atoms with Crippen LogP contribution in [0.3, 0.4) is 0 Å². The van der Waals surface area contributed by atoms with E-state index in [1.807, 2.05) is 0 Å². The van der Waals surface area contributed by atoms with Gasteiger partial charge in [0.15, 0.2) is 0 Å². The fraction of sp³-hybridized carbons (Fsp3) is 0.571. The van der Waals surface area contributed by atoms with Crippen molar-refractivity contribution in [2.45, 2.75) is 31.8 Å². The van der Waals surface area contributed by atoms with Crippen LogP contribution in [0.25, 0.3) is 0 Å². The number of nitrogens with one attached hydrogen (secondary N) is 1. The average molecular weight is 264 g/mol. The van der Waals surface area contributed by atoms with Crippen molar-refractivity contribution in [1.29, 1.82) is 0 Å². The highest BCUT2D eigenvalue weighted by molar-refractivity contribution is 5.93. The first-order chi connectivity index (χ1) is 9.06. The molecule has 0 aliphatic heterocycles. The summed E-state index contributed by atoms with van der Waals surface area (Å²) in [6.45, 7) is 0.582. The molecule has 2 rings (SSSR count). The molecule has 2 N–H and O–H groups in total. The third-order valence-electron chi connectivity index (χ3n) is 3.65. The molecule has 0 radical (unpaired) electrons. The molecule has 19 heavy (non-hydrogen) atoms. The molecule has 1 fully saturated rings. The van der Waals surface area contributed by atoms with Gasteiger partial charge in [0.2, 0.25) is 5.56 Å². The number of rotatable bonds is 3. The summed E-state index contributed by atoms with van der Waals surface area (Å²) in [4.78, 5) is 23.2. The van der Waals surface area contributed by atoms with E-state index < -0.39 is 0 Å². The highest BCUT2D eigenvalue weighted by Crippen LogP contribution is 2.23. The van der Waals surface area contributed by atoms with Crippen LogP contribution >= 0.6 is 0 Å². The molecular weight excluding hydrogens is 244 g/mol. The Kier molecular flexibility index (Phi) is 4.37. The standard InChI is InChI=1S/C14H20N2O3/c1-16-9-11(5-6-13(16)18)14(19)15-8-10-3-2-4-12(17)7-10/h5-6,9-10,12,17H,2-4,7-8H2,1H3,(H,15,19). The summed E-state index contributed by atoms with van der Waals surface area (Å²) in [7, 11) is 1.62. The van der Waals surface area contributed by atoms with E-state index in [0.717, 1.165) is 25.7 Å². The number of aliphatic hydroxyl groups excluding tert-OH is 1. The first-order valence-corrected chi connectivity index (χ1v) is 6.69. The van der Waals surface area contributed by atoms with Crippen molar-refractivity contribution in [2.75, 3.05) is 6.54 Å². The maximum atomic E-state index is 11.9. The Morgan fingerprint density at radius 2 is 2.26 bits per heavy atom. The lowest BCUT2D eigenvalue weighted by Gasteiger charge is -2.25. The topological polar surface area (TPSA) is 71.3 Å². The van der Waals surface area contributed by atoms with Crippen LogP contribution in [0.4, 0.5) is 0 Å². The van der Waals surface area contributed by atoms with Gasteiger partial charge in [-0.15, -0.1) is 0 Å². The van der Waals surface area contributed by atoms with E-state index in [1.54, 1.807) is 7.05 Å². The first kappa shape index (κ1) is 13.8. The van der Waals surface area contributed by atoms with Gasteiger partial charge in [-0.2, -0.15) is 0 Å². The molecule has 1 heterocycles. The monoisotopic (exact) mass is 264 g/mol. The van der Waals surface area contributed by atoms with Gasteiger partial charge in [0, 0.05) is 25.9 Å². The Balaban J connectivity index is 1.90. The number of pyridine rings is 1. The molecule has 0 spiro atoms. The highest BCUT2D eigenvalue weighted by atomic mass is 16.3. The van der Waals surface area contributed by atoms with Crippen molar-refractivity contribution in [3.8, 4) is 0 Å². The van der Waals surface area contributed by atoms with Crippen molar-refractivity contribution in [3.05, 3.63) is 34.2 Å². The minimum absolute atomic E-state index is 0.132. The number of hydrogen-bond acceptors (Lipinski definition) is 3. The van der Waals surface area contributed by atoms with E-state index in [9.17, 15) is 14.7 Å². The molecule has 1 aromatic rings. The van der Waals surface area contributed by atoms with E-state index in [4.69, 9.17) is 0 Å². The van der Waals surface area contributed by atoms with Gasteiger partial charge >= 0.3 is 0 Å². The maximum Gasteiger partial charge on any atom is 0.252 e. The summed E-state index contributed by atoms with van der Waals surface area (Å²) >= 11 is 0. The number of carbonyl (C=O) groups is 1. The van der Waals surface area contributed by atoms with Crippen LogP contribution in [0.1, 0.15) is 36.0 Å². The molecule has 1 saturated carbocycles. The Hall–Kier alpha value is -1.62. The predicted molar refractivity (Wildman–Crippen MR) is 72.0 cm³/mol. The van der Waals surface area contributed by atoms with Gasteiger partial charge in [-0.05, 0) is 31.2 Å². The predicted octanol–water partition coefficient (Wildman–Crippen LogP) is 0.666. The lowest BCUT2D eigenvalue weighted by Crippen LogP contribution is -2.33. The minimum atomic E-state index is -0.229. The van der Waals surface area contributed by atoms with Crippen molar-refractivity contribution in [1.82, 2.24) is 9.88 Å². The zero-order chi connectivity index (χ0) is 13.8. The summed E-state index contributed by atoms with van der Waals surface area (Å²) in [6, 6.07) is 2.92. The molecule has 104 valence electrons. The third kappa shape index (κ3) is 3.67. The second-order valence-electron chi connectivity index (χ2n) is 5.26. The van der Waals surface area contributed by atoms with E-state index >= 15 is 0 Å². The summed E-state index contributed by atoms with van der Waals surface area (Å²) in [5, 5.41) is 12.4. The number of aromatic nitrogens is 1. The molecule has 5 heteroatoms. The SMILES string of the molecule is Cn1cc(C(=O)NCC2CCCC(O)C2)ccc1=O. The molecule has 0 bridgehead atoms. The zero-order valence-electron chi connectivity index (χ0n) is 11.1. The molecular formula is C14H20N2O3. The largest absolute Gasteiger partial charge is 0.393 e. The van der Waals surface area contributed by atoms with Gasteiger partial charge in [0.25, 0.3) is 5.91 Å². The van der Waals surface area contributed by atoms with Gasteiger partial charge in [0.1, 0.15) is 0 Å². The fourth-order valence-corrected chi connectivity index (χ4v) is 2.52. The zero-order valence-corrected chi connectivity index (χ0v) is 11.1. The number of amides is 1. The lowest BCUT2D eigenvalue weighted by atomic mass is 9.87. The van der Waals surface area contributed by atoms with Crippen LogP contribution in [0.2, 0.25) is 0 Å². The van der Waals surface area contributed by atoms with Crippen LogP contribution in [-0.2, 0) is 7.05 Å². The minimum Gasteiger partial charge on any atom is -0.393 e. The Morgan fingerprint density at radius 3 is 2.95 bits per heavy atom. The lowest BCUT2D eigenvalue weighted by molar-refractivity contribution is 0.0873. The molecule has 1 amide bonds. The molecule has 1 aromatic heterocycles. The van der Waals surface area contributed by atoms with E-state index in [1.165, 1.54) is 22.9 Å². The van der Waals surface area contributed by atoms with Crippen LogP contribution < -0.4 is 10.9 Å². The molecule has 2 unspecified atom stereocenters. The first-order valence-electron chi connectivity index (χ1n) is 6.69. The van der Waals surface area contributed by atoms with Crippen LogP contribution in [-0.4, -0.2) is 28.2 Å². The van der Waals surface area contributed by atoms with E-state index in [0.29, 0.717) is 18.0 Å². The quantitative estimate of drug-likeness (QED) is 0.842. The van der Waals surface area contributed by atoms with Crippen LogP contribution in [0.5, 0.6) is 0 Å². The van der Waals surface area contributed by atoms with Gasteiger partial charge in [-0.1, -0.05) is 6.42 Å². The average Bonchev–Trinajstić information content (AvgIpc) is 2.39. The van der Waals surface area contributed by atoms with Crippen LogP contribution in [0, 0.1) is 5.92 Å². The molecule has 0 saturated heterocycles. The summed E-state index contributed by atoms with van der Waals surface area (Å²) < 4.78 is 1.39. The van der Waals surface area contributed by atoms with E-state index in [2.05, 4.69) is 5.32 Å². The Morgan fingerprint density at radius 1 is 1.47 bits per heavy atom. The summed E-state index contributed by atoms with van der Waals surface area (Å²) in [6.07, 6.45) is 4.99. The van der Waals surface area contributed by atoms with Gasteiger partial charge in [-0.3, -0.25) is 9.59 Å². The number of nitrogens with zero attached hydrogens (tertiary/aromatic N) is 1. The number of carbonyl (C=O) groups excluding carboxylic acids is 1. The van der Waals surface area contributed by atoms with Gasteiger partial charge < -0.3 is 15.0 Å². The van der Waals surface area contributed by atoms with Gasteiger partial charge in [-0.25, -0.2) is 0 Å². The number of aryl methyl sites for hydroxylation is 1. The maximum absolute atomic E-state index is 11.9. The summed E-state index contributed by atoms with van der Waals surface area (Å²) in [5.41, 5.74) is 0.352. The smallest absolute Gasteiger partial charge is 0.252 e. The van der Waals surface area contributed by atoms with Crippen molar-refractivity contribution in [2.24, 2.45) is 13.0 Å². The molecule has 1 aliphatic carbocycles. The number of hydrogen-bond donors (Lipinski definition) is 2. The van der Waals surface area contributed by atoms with Gasteiger partial charge in [0.05, 0.1) is 11.7 Å². The highest BCUT2D eigenvalue weighted by Gasteiger charge is 2.20. The third-order valence-corrected chi connectivity index (χ3v) is 3.65. The van der Waals surface area contributed by atoms with Crippen molar-refractivity contribution in [3.63, 3.8) is 0 Å². The summed E-state index contributed by atoms with van der Waals surface area (Å²) in [5.74, 6) is 0.177. The second-order valence-corrected chi connectivity index (χ2v) is 5.26. The Bertz CT molecular complexity index is 510. The second kappa shape index (κ2) is 6.02. The molecule has 1 aliphatic rings. The molecule has 2 atom stereocenters. The van der Waals surface area contributed by atoms with Crippen molar-refractivity contribution >= 4 is 5.91 Å². The molecule has 5 nitrogen and oxygen atoms in total. The fourth-order valence-electron chi connectivity index (χ4n) is 2.52. The Labute approximate surface area is 112 Å². The number of aliphatic hydroxyl groups is 1.